The van der Waals surface area contributed by atoms with Crippen LogP contribution >= 0.6 is 0 Å². The van der Waals surface area contributed by atoms with E-state index >= 15 is 0 Å². The summed E-state index contributed by atoms with van der Waals surface area (Å²) in [5.74, 6) is -0.360. The van der Waals surface area contributed by atoms with Crippen molar-refractivity contribution in [2.45, 2.75) is 47.1 Å². The van der Waals surface area contributed by atoms with Crippen LogP contribution in [0, 0.1) is 23.0 Å². The molecule has 0 amide bonds. The van der Waals surface area contributed by atoms with Gasteiger partial charge >= 0.3 is 0 Å². The Morgan fingerprint density at radius 2 is 1.64 bits per heavy atom. The van der Waals surface area contributed by atoms with Crippen LogP contribution in [-0.4, -0.2) is 7.11 Å². The topological polar surface area (TPSA) is 9.23 Å². The SMILES string of the molecule is CO[C@@H](c1cc(CC(C)C)ccc1-c1cc(F)ccc1F)C(C)(C)C. The maximum atomic E-state index is 14.4. The van der Waals surface area contributed by atoms with Gasteiger partial charge in [0.25, 0.3) is 0 Å². The summed E-state index contributed by atoms with van der Waals surface area (Å²) in [5.41, 5.74) is 2.86. The van der Waals surface area contributed by atoms with Crippen molar-refractivity contribution in [3.63, 3.8) is 0 Å². The van der Waals surface area contributed by atoms with Gasteiger partial charge in [-0.15, -0.1) is 0 Å². The average molecular weight is 346 g/mol. The van der Waals surface area contributed by atoms with Crippen molar-refractivity contribution in [1.82, 2.24) is 0 Å². The first-order valence-corrected chi connectivity index (χ1v) is 8.74. The molecule has 0 unspecified atom stereocenters. The van der Waals surface area contributed by atoms with E-state index < -0.39 is 11.6 Å². The smallest absolute Gasteiger partial charge is 0.131 e. The minimum absolute atomic E-state index is 0.177. The molecule has 0 fully saturated rings. The van der Waals surface area contributed by atoms with Crippen LogP contribution in [0.1, 0.15) is 51.8 Å². The van der Waals surface area contributed by atoms with Crippen molar-refractivity contribution in [2.24, 2.45) is 11.3 Å². The van der Waals surface area contributed by atoms with Gasteiger partial charge in [0.05, 0.1) is 6.10 Å². The molecule has 0 saturated carbocycles. The Hall–Kier alpha value is -1.74. The fourth-order valence-electron chi connectivity index (χ4n) is 3.32. The molecule has 2 aromatic carbocycles. The van der Waals surface area contributed by atoms with E-state index in [9.17, 15) is 8.78 Å². The number of benzene rings is 2. The third-order valence-corrected chi connectivity index (χ3v) is 4.28. The lowest BCUT2D eigenvalue weighted by Crippen LogP contribution is -2.21. The van der Waals surface area contributed by atoms with Gasteiger partial charge in [0.15, 0.2) is 0 Å². The van der Waals surface area contributed by atoms with Crippen LogP contribution in [0.3, 0.4) is 0 Å². The molecule has 0 heterocycles. The molecule has 1 atom stereocenters. The molecule has 25 heavy (non-hydrogen) atoms. The lowest BCUT2D eigenvalue weighted by Gasteiger charge is -2.32. The maximum Gasteiger partial charge on any atom is 0.131 e. The standard InChI is InChI=1S/C22H28F2O/c1-14(2)11-15-7-9-17(18-13-16(23)8-10-20(18)24)19(12-15)21(25-6)22(3,4)5/h7-10,12-14,21H,11H2,1-6H3/t21-/m0/s1. The first-order chi connectivity index (χ1) is 11.6. The van der Waals surface area contributed by atoms with Crippen LogP contribution in [0.2, 0.25) is 0 Å². The summed E-state index contributed by atoms with van der Waals surface area (Å²) < 4.78 is 33.9. The fraction of sp³-hybridized carbons (Fsp3) is 0.455. The number of rotatable bonds is 5. The first kappa shape index (κ1) is 19.6. The fourth-order valence-corrected chi connectivity index (χ4v) is 3.32. The Bertz CT molecular complexity index is 729. The van der Waals surface area contributed by atoms with Gasteiger partial charge in [0.1, 0.15) is 11.6 Å². The van der Waals surface area contributed by atoms with E-state index in [-0.39, 0.29) is 17.1 Å². The molecule has 0 radical (unpaired) electrons. The zero-order valence-electron chi connectivity index (χ0n) is 16.0. The second-order valence-corrected chi connectivity index (χ2v) is 8.13. The molecular formula is C22H28F2O. The largest absolute Gasteiger partial charge is 0.376 e. The number of hydrogen-bond acceptors (Lipinski definition) is 1. The van der Waals surface area contributed by atoms with Crippen LogP contribution in [0.15, 0.2) is 36.4 Å². The molecule has 0 aliphatic carbocycles. The van der Waals surface area contributed by atoms with Crippen LogP contribution in [-0.2, 0) is 11.2 Å². The van der Waals surface area contributed by atoms with Gasteiger partial charge in [-0.05, 0) is 52.6 Å². The zero-order valence-corrected chi connectivity index (χ0v) is 16.0. The lowest BCUT2D eigenvalue weighted by atomic mass is 9.80. The van der Waals surface area contributed by atoms with Crippen LogP contribution in [0.4, 0.5) is 8.78 Å². The number of ether oxygens (including phenoxy) is 1. The van der Waals surface area contributed by atoms with Crippen LogP contribution in [0.25, 0.3) is 11.1 Å². The molecule has 0 bridgehead atoms. The van der Waals surface area contributed by atoms with Gasteiger partial charge in [0, 0.05) is 12.7 Å². The van der Waals surface area contributed by atoms with Crippen LogP contribution < -0.4 is 0 Å². The molecule has 1 nitrogen and oxygen atoms in total. The van der Waals surface area contributed by atoms with Crippen molar-refractivity contribution in [3.8, 4) is 11.1 Å². The second-order valence-electron chi connectivity index (χ2n) is 8.13. The summed E-state index contributed by atoms with van der Waals surface area (Å²) in [4.78, 5) is 0. The zero-order chi connectivity index (χ0) is 18.8. The first-order valence-electron chi connectivity index (χ1n) is 8.74. The Labute approximate surface area is 150 Å². The monoisotopic (exact) mass is 346 g/mol. The molecule has 2 rings (SSSR count). The lowest BCUT2D eigenvalue weighted by molar-refractivity contribution is 0.0155. The van der Waals surface area contributed by atoms with Crippen molar-refractivity contribution in [1.29, 1.82) is 0 Å². The Morgan fingerprint density at radius 1 is 0.960 bits per heavy atom. The van der Waals surface area contributed by atoms with E-state index in [1.165, 1.54) is 17.7 Å². The summed E-state index contributed by atoms with van der Waals surface area (Å²) in [6, 6.07) is 9.55. The molecule has 0 N–H and O–H groups in total. The molecule has 2 aromatic rings. The van der Waals surface area contributed by atoms with E-state index in [0.29, 0.717) is 11.5 Å². The number of hydrogen-bond donors (Lipinski definition) is 0. The van der Waals surface area contributed by atoms with Gasteiger partial charge < -0.3 is 4.74 Å². The van der Waals surface area contributed by atoms with Gasteiger partial charge in [-0.1, -0.05) is 52.8 Å². The summed E-state index contributed by atoms with van der Waals surface area (Å²) in [7, 11) is 1.66. The number of halogens is 2. The van der Waals surface area contributed by atoms with Gasteiger partial charge in [0.2, 0.25) is 0 Å². The van der Waals surface area contributed by atoms with Crippen molar-refractivity contribution in [3.05, 3.63) is 59.2 Å². The Morgan fingerprint density at radius 3 is 2.20 bits per heavy atom. The van der Waals surface area contributed by atoms with Crippen LogP contribution in [0.5, 0.6) is 0 Å². The Kier molecular flexibility index (Phi) is 5.99. The van der Waals surface area contributed by atoms with E-state index in [1.807, 2.05) is 12.1 Å². The molecule has 0 saturated heterocycles. The normalized spacial score (nSPS) is 13.3. The highest BCUT2D eigenvalue weighted by atomic mass is 19.1. The van der Waals surface area contributed by atoms with Crippen molar-refractivity contribution >= 4 is 0 Å². The summed E-state index contributed by atoms with van der Waals surface area (Å²) in [5, 5.41) is 0. The summed E-state index contributed by atoms with van der Waals surface area (Å²) >= 11 is 0. The van der Waals surface area contributed by atoms with E-state index in [0.717, 1.165) is 18.1 Å². The predicted octanol–water partition coefficient (Wildman–Crippen LogP) is 6.56. The van der Waals surface area contributed by atoms with Gasteiger partial charge in [-0.3, -0.25) is 0 Å². The van der Waals surface area contributed by atoms with E-state index in [2.05, 4.69) is 40.7 Å². The van der Waals surface area contributed by atoms with Crippen molar-refractivity contribution in [2.75, 3.05) is 7.11 Å². The highest BCUT2D eigenvalue weighted by molar-refractivity contribution is 5.69. The third-order valence-electron chi connectivity index (χ3n) is 4.28. The molecule has 0 spiro atoms. The minimum Gasteiger partial charge on any atom is -0.376 e. The predicted molar refractivity (Wildman–Crippen MR) is 99.5 cm³/mol. The summed E-state index contributed by atoms with van der Waals surface area (Å²) in [6.45, 7) is 10.6. The molecule has 136 valence electrons. The molecular weight excluding hydrogens is 318 g/mol. The van der Waals surface area contributed by atoms with E-state index in [4.69, 9.17) is 4.74 Å². The van der Waals surface area contributed by atoms with E-state index in [1.54, 1.807) is 7.11 Å². The summed E-state index contributed by atoms with van der Waals surface area (Å²) in [6.07, 6.45) is 0.705. The quantitative estimate of drug-likeness (QED) is 0.595. The molecule has 3 heteroatoms. The molecule has 0 aromatic heterocycles. The van der Waals surface area contributed by atoms with Gasteiger partial charge in [-0.2, -0.15) is 0 Å². The Balaban J connectivity index is 2.68. The highest BCUT2D eigenvalue weighted by Crippen LogP contribution is 2.41. The average Bonchev–Trinajstić information content (AvgIpc) is 2.49. The molecule has 0 aliphatic rings. The van der Waals surface area contributed by atoms with Gasteiger partial charge in [-0.25, -0.2) is 8.78 Å². The maximum absolute atomic E-state index is 14.4. The highest BCUT2D eigenvalue weighted by Gasteiger charge is 2.29. The van der Waals surface area contributed by atoms with Crippen molar-refractivity contribution < 1.29 is 13.5 Å². The molecule has 0 aliphatic heterocycles. The second kappa shape index (κ2) is 7.65. The number of methoxy groups -OCH3 is 1. The third kappa shape index (κ3) is 4.66. The minimum atomic E-state index is -0.446.